The van der Waals surface area contributed by atoms with Gasteiger partial charge in [-0.2, -0.15) is 89.2 Å². The van der Waals surface area contributed by atoms with E-state index >= 15 is 0 Å². The maximum Gasteiger partial charge on any atom is 0.315 e. The highest BCUT2D eigenvalue weighted by molar-refractivity contribution is 7.87. The number of ether oxygens (including phenoxy) is 1. The van der Waals surface area contributed by atoms with E-state index in [-0.39, 0.29) is 88.4 Å². The van der Waals surface area contributed by atoms with Crippen molar-refractivity contribution in [3.63, 3.8) is 0 Å². The Bertz CT molecular complexity index is 4910. The summed E-state index contributed by atoms with van der Waals surface area (Å²) in [6, 6.07) is 8.53. The summed E-state index contributed by atoms with van der Waals surface area (Å²) in [5.41, 5.74) is -2.58. The van der Waals surface area contributed by atoms with Crippen LogP contribution in [0, 0.1) is 12.2 Å². The number of fused-ring (bicyclic) bond motifs is 4. The average molecular weight is 1360 g/mol. The van der Waals surface area contributed by atoms with Crippen LogP contribution in [0.1, 0.15) is 12.8 Å². The third kappa shape index (κ3) is 14.0. The van der Waals surface area contributed by atoms with Crippen molar-refractivity contribution < 1.29 is 95.8 Å². The number of anilines is 9. The summed E-state index contributed by atoms with van der Waals surface area (Å²) in [5, 5.41) is 14.4. The minimum Gasteiger partial charge on any atom is -0.450 e. The van der Waals surface area contributed by atoms with E-state index in [2.05, 4.69) is 71.8 Å². The molecule has 6 aromatic rings. The monoisotopic (exact) mass is 1350 g/mol. The Hall–Kier alpha value is -7.98. The van der Waals surface area contributed by atoms with Gasteiger partial charge in [-0.05, 0) is 73.5 Å². The minimum absolute atomic E-state index is 0.000494. The summed E-state index contributed by atoms with van der Waals surface area (Å²) in [6.07, 6.45) is -2.70. The number of hydrogen-bond donors (Lipinski definition) is 12. The second-order valence-corrected chi connectivity index (χ2v) is 26.5. The highest BCUT2D eigenvalue weighted by Gasteiger charge is 2.34. The van der Waals surface area contributed by atoms with E-state index in [1.807, 2.05) is 0 Å². The predicted octanol–water partition coefficient (Wildman–Crippen LogP) is 5.02. The van der Waals surface area contributed by atoms with Crippen LogP contribution in [0.15, 0.2) is 99.4 Å². The van der Waals surface area contributed by atoms with Gasteiger partial charge in [-0.15, -0.1) is 0 Å². The topological polar surface area (TPSA) is 523 Å². The fourth-order valence-electron chi connectivity index (χ4n) is 7.89. The molecule has 4 heterocycles. The summed E-state index contributed by atoms with van der Waals surface area (Å²) < 4.78 is 246. The molecule has 4 aromatic carbocycles. The first-order chi connectivity index (χ1) is 40.0. The van der Waals surface area contributed by atoms with Crippen molar-refractivity contribution in [2.45, 2.75) is 42.2 Å². The number of aromatic nitrogens is 7. The molecule has 456 valence electrons. The fourth-order valence-corrected chi connectivity index (χ4v) is 12.1. The Balaban J connectivity index is 0.912. The van der Waals surface area contributed by atoms with Crippen LogP contribution in [0.25, 0.3) is 22.6 Å². The lowest BCUT2D eigenvalue weighted by Crippen LogP contribution is -2.19. The number of halogens is 4. The van der Waals surface area contributed by atoms with Gasteiger partial charge < -0.3 is 41.1 Å². The molecular weight excluding hydrogens is 1320 g/mol. The minimum atomic E-state index is -5.23. The Morgan fingerprint density at radius 1 is 0.535 bits per heavy atom. The molecule has 12 N–H and O–H groups in total. The number of hydrogen-bond acceptors (Lipinski definition) is 28. The lowest BCUT2D eigenvalue weighted by Gasteiger charge is -2.26. The van der Waals surface area contributed by atoms with Crippen molar-refractivity contribution in [2.75, 3.05) is 58.1 Å². The van der Waals surface area contributed by atoms with Gasteiger partial charge in [0.05, 0.1) is 32.2 Å². The smallest absolute Gasteiger partial charge is 0.315 e. The molecule has 0 bridgehead atoms. The van der Waals surface area contributed by atoms with Gasteiger partial charge in [0.1, 0.15) is 41.6 Å². The maximum absolute atomic E-state index is 14.5. The summed E-state index contributed by atoms with van der Waals surface area (Å²) >= 11 is 13.6. The van der Waals surface area contributed by atoms with Crippen LogP contribution in [-0.2, 0) is 60.7 Å². The van der Waals surface area contributed by atoms with Crippen LogP contribution in [0.3, 0.4) is 0 Å². The Morgan fingerprint density at radius 3 is 1.56 bits per heavy atom. The molecule has 2 aromatic heterocycles. The molecule has 44 heteroatoms. The molecule has 0 saturated carbocycles. The van der Waals surface area contributed by atoms with Gasteiger partial charge in [0.2, 0.25) is 23.8 Å². The molecule has 34 nitrogen and oxygen atoms in total. The van der Waals surface area contributed by atoms with Crippen molar-refractivity contribution in [1.29, 1.82) is 0 Å². The highest BCUT2D eigenvalue weighted by Crippen LogP contribution is 2.55. The maximum atomic E-state index is 14.5. The number of benzene rings is 5. The van der Waals surface area contributed by atoms with Crippen LogP contribution in [-0.4, -0.2) is 139 Å². The lowest BCUT2D eigenvalue weighted by molar-refractivity contribution is 0.448. The van der Waals surface area contributed by atoms with Gasteiger partial charge >= 0.3 is 22.3 Å². The van der Waals surface area contributed by atoms with Gasteiger partial charge in [-0.1, -0.05) is 23.2 Å². The first kappa shape index (κ1) is 62.5. The highest BCUT2D eigenvalue weighted by atomic mass is 35.5. The van der Waals surface area contributed by atoms with E-state index in [9.17, 15) is 86.6 Å². The number of rotatable bonds is 21. The molecule has 0 saturated heterocycles. The normalized spacial score (nSPS) is 13.2. The molecule has 0 atom stereocenters. The quantitative estimate of drug-likeness (QED) is 0.0255. The largest absolute Gasteiger partial charge is 0.450 e. The summed E-state index contributed by atoms with van der Waals surface area (Å²) in [7, 11) is -30.1. The molecule has 86 heavy (non-hydrogen) atoms. The Kier molecular flexibility index (Phi) is 17.0. The molecule has 1 aliphatic carbocycles. The molecular formula is C42H34Cl2F2N14O20S6. The van der Waals surface area contributed by atoms with Crippen LogP contribution in [0.5, 0.6) is 11.5 Å². The van der Waals surface area contributed by atoms with Crippen LogP contribution >= 0.6 is 23.2 Å². The fraction of sp³-hybridized carbons (Fsp3) is 0.143. The van der Waals surface area contributed by atoms with Gasteiger partial charge in [-0.3, -0.25) is 32.3 Å². The first-order valence-corrected chi connectivity index (χ1v) is 32.6. The third-order valence-corrected chi connectivity index (χ3v) is 17.5. The van der Waals surface area contributed by atoms with E-state index in [1.165, 1.54) is 12.1 Å². The van der Waals surface area contributed by atoms with E-state index < -0.39 is 154 Å². The van der Waals surface area contributed by atoms with Crippen molar-refractivity contribution in [2.24, 2.45) is 4.99 Å². The van der Waals surface area contributed by atoms with Gasteiger partial charge in [0.25, 0.3) is 50.6 Å². The average Bonchev–Trinajstić information content (AvgIpc) is 1.08. The molecule has 9 rings (SSSR count). The zero-order valence-corrected chi connectivity index (χ0v) is 48.4. The second-order valence-electron chi connectivity index (χ2n) is 17.4. The van der Waals surface area contributed by atoms with E-state index in [0.717, 1.165) is 12.1 Å². The lowest BCUT2D eigenvalue weighted by atomic mass is 10.1. The van der Waals surface area contributed by atoms with Crippen molar-refractivity contribution in [1.82, 2.24) is 34.9 Å². The zero-order chi connectivity index (χ0) is 62.6. The Labute approximate surface area is 491 Å². The molecule has 0 fully saturated rings. The van der Waals surface area contributed by atoms with Crippen LogP contribution in [0.2, 0.25) is 10.0 Å². The van der Waals surface area contributed by atoms with Crippen LogP contribution < -0.4 is 42.0 Å². The van der Waals surface area contributed by atoms with Crippen molar-refractivity contribution in [3.05, 3.63) is 88.2 Å². The number of nitrogens with zero attached hydrogens (tertiary/aromatic N) is 8. The molecule has 0 amide bonds. The molecule has 0 unspecified atom stereocenters. The molecule has 0 spiro atoms. The Morgan fingerprint density at radius 2 is 1.05 bits per heavy atom. The van der Waals surface area contributed by atoms with Crippen LogP contribution in [0.4, 0.5) is 61.0 Å². The predicted molar refractivity (Wildman–Crippen MR) is 293 cm³/mol. The van der Waals surface area contributed by atoms with Gasteiger partial charge in [0.15, 0.2) is 27.7 Å². The van der Waals surface area contributed by atoms with Gasteiger partial charge in [-0.25, -0.2) is 4.98 Å². The van der Waals surface area contributed by atoms with E-state index in [1.54, 1.807) is 0 Å². The number of nitrogens with one attached hydrogen (secondary N) is 6. The van der Waals surface area contributed by atoms with E-state index in [4.69, 9.17) is 32.4 Å². The van der Waals surface area contributed by atoms with Gasteiger partial charge in [0, 0.05) is 31.9 Å². The third-order valence-electron chi connectivity index (χ3n) is 11.5. The first-order valence-electron chi connectivity index (χ1n) is 23.2. The van der Waals surface area contributed by atoms with E-state index in [0.29, 0.717) is 36.4 Å². The van der Waals surface area contributed by atoms with Crippen molar-refractivity contribution >= 4 is 147 Å². The molecule has 3 aliphatic rings. The SMILES string of the molecule is O=S(=O)(O)c1ccc(S(=O)(=O)O)c(Nc2nc(F)nc(NCCCN=c3ccc4nc5c(Cl)c6c(c(Cl)c5oc-4c3S(=O)(=O)O)Nc3cc(NCCCNc4nc(F)nc(Nc5cc(S(=O)(=O)O)ccc5S(=O)(=O)O)n4)cc(S(=O)(=O)O)c3O6)n2)c1. The zero-order valence-electron chi connectivity index (χ0n) is 42.0. The summed E-state index contributed by atoms with van der Waals surface area (Å²) in [5.74, 6) is -3.67. The standard InChI is InChI=1S/C42H34Cl2F2N14O20S6/c43-28-30-35(80-33-20(51-30)5-6-21(36(33)86(76,77)78)48-10-2-12-50-40-56-38(46)58-42(60-40)54-23-16-19(82(64,65)66)4-8-26(23)84(70,71)72)29(44)31-34(28)79-32-24(52-31)13-17(14-27(32)85(73,74)75)47-9-1-11-49-39-55-37(45)57-41(59-39)53-22-15-18(81(61,62)63)3-7-25(22)83(67,68)69/h3-8,13-16,47,52H,1-2,9-12H2,(H,61,62,63)(H,64,65,66)(H,67,68,69)(H,70,71,72)(H,73,74,75)(H,76,77,78)(H2,49,53,55,57,59)(H2,50,54,56,58,60). The molecule has 0 radical (unpaired) electrons. The van der Waals surface area contributed by atoms with Crippen molar-refractivity contribution in [3.8, 4) is 23.0 Å². The summed E-state index contributed by atoms with van der Waals surface area (Å²) in [4.78, 5) is 25.0. The molecule has 2 aliphatic heterocycles. The summed E-state index contributed by atoms with van der Waals surface area (Å²) in [6.45, 7) is -0.406. The second kappa shape index (κ2) is 23.4.